The lowest BCUT2D eigenvalue weighted by atomic mass is 10.1. The van der Waals surface area contributed by atoms with Crippen molar-refractivity contribution in [1.29, 1.82) is 0 Å². The molecule has 124 valence electrons. The third-order valence-electron chi connectivity index (χ3n) is 3.71. The number of fused-ring (bicyclic) bond motifs is 1. The fourth-order valence-electron chi connectivity index (χ4n) is 2.48. The number of aromatic nitrogens is 3. The average molecular weight is 344 g/mol. The minimum Gasteiger partial charge on any atom is -0.292 e. The van der Waals surface area contributed by atoms with Crippen LogP contribution >= 0.6 is 0 Å². The lowest BCUT2D eigenvalue weighted by Gasteiger charge is -2.11. The van der Waals surface area contributed by atoms with E-state index >= 15 is 0 Å². The van der Waals surface area contributed by atoms with E-state index in [2.05, 4.69) is 14.7 Å². The molecule has 3 rings (SSSR count). The molecule has 0 radical (unpaired) electrons. The van der Waals surface area contributed by atoms with Crippen molar-refractivity contribution in [2.45, 2.75) is 18.6 Å². The molecule has 0 aliphatic rings. The maximum absolute atomic E-state index is 12.8. The van der Waals surface area contributed by atoms with Gasteiger partial charge >= 0.3 is 0 Å². The van der Waals surface area contributed by atoms with Crippen molar-refractivity contribution in [2.24, 2.45) is 0 Å². The quantitative estimate of drug-likeness (QED) is 0.722. The van der Waals surface area contributed by atoms with E-state index in [0.717, 1.165) is 5.56 Å². The lowest BCUT2D eigenvalue weighted by molar-refractivity contribution is 0.578. The SMILES string of the molecule is CCn1c(=O)c(-c2ccccc2)cc2cnc(S(=O)(=O)NC)nc21. The zero-order valence-corrected chi connectivity index (χ0v) is 14.0. The molecule has 1 N–H and O–H groups in total. The zero-order chi connectivity index (χ0) is 17.3. The van der Waals surface area contributed by atoms with E-state index in [1.807, 2.05) is 37.3 Å². The molecule has 1 aromatic carbocycles. The van der Waals surface area contributed by atoms with Crippen molar-refractivity contribution in [3.8, 4) is 11.1 Å². The molecule has 0 unspecified atom stereocenters. The molecule has 0 saturated carbocycles. The maximum Gasteiger partial charge on any atom is 0.276 e. The van der Waals surface area contributed by atoms with Gasteiger partial charge in [0.25, 0.3) is 20.7 Å². The van der Waals surface area contributed by atoms with Crippen LogP contribution in [0, 0.1) is 0 Å². The highest BCUT2D eigenvalue weighted by atomic mass is 32.2. The summed E-state index contributed by atoms with van der Waals surface area (Å²) in [4.78, 5) is 20.8. The third kappa shape index (κ3) is 2.70. The Bertz CT molecular complexity index is 1060. The van der Waals surface area contributed by atoms with Gasteiger partial charge in [0.15, 0.2) is 0 Å². The van der Waals surface area contributed by atoms with Crippen molar-refractivity contribution >= 4 is 21.1 Å². The van der Waals surface area contributed by atoms with Gasteiger partial charge in [-0.2, -0.15) is 4.98 Å². The monoisotopic (exact) mass is 344 g/mol. The van der Waals surface area contributed by atoms with Gasteiger partial charge in [-0.1, -0.05) is 30.3 Å². The van der Waals surface area contributed by atoms with Crippen molar-refractivity contribution < 1.29 is 8.42 Å². The standard InChI is InChI=1S/C16H16N4O3S/c1-3-20-14-12(10-18-16(19-14)24(22,23)17-2)9-13(15(20)21)11-7-5-4-6-8-11/h4-10,17H,3H2,1-2H3. The van der Waals surface area contributed by atoms with Crippen LogP contribution in [0.3, 0.4) is 0 Å². The van der Waals surface area contributed by atoms with Crippen LogP contribution in [0.1, 0.15) is 6.92 Å². The molecule has 0 amide bonds. The summed E-state index contributed by atoms with van der Waals surface area (Å²) in [6.45, 7) is 2.18. The van der Waals surface area contributed by atoms with E-state index in [1.54, 1.807) is 6.07 Å². The van der Waals surface area contributed by atoms with E-state index in [0.29, 0.717) is 23.1 Å². The van der Waals surface area contributed by atoms with E-state index in [9.17, 15) is 13.2 Å². The second kappa shape index (κ2) is 6.14. The molecular formula is C16H16N4O3S. The summed E-state index contributed by atoms with van der Waals surface area (Å²) in [6.07, 6.45) is 1.42. The van der Waals surface area contributed by atoms with Gasteiger partial charge in [0, 0.05) is 23.7 Å². The van der Waals surface area contributed by atoms with E-state index < -0.39 is 10.0 Å². The molecule has 8 heteroatoms. The number of benzene rings is 1. The van der Waals surface area contributed by atoms with Crippen LogP contribution in [0.25, 0.3) is 22.2 Å². The Hall–Kier alpha value is -2.58. The van der Waals surface area contributed by atoms with Crippen molar-refractivity contribution in [1.82, 2.24) is 19.3 Å². The predicted molar refractivity (Wildman–Crippen MR) is 91.2 cm³/mol. The molecule has 7 nitrogen and oxygen atoms in total. The van der Waals surface area contributed by atoms with Crippen LogP contribution in [0.4, 0.5) is 0 Å². The predicted octanol–water partition coefficient (Wildman–Crippen LogP) is 1.39. The van der Waals surface area contributed by atoms with Crippen LogP contribution in [-0.4, -0.2) is 30.0 Å². The summed E-state index contributed by atoms with van der Waals surface area (Å²) >= 11 is 0. The number of aryl methyl sites for hydroxylation is 1. The third-order valence-corrected chi connectivity index (χ3v) is 4.93. The minimum absolute atomic E-state index is 0.220. The number of nitrogens with zero attached hydrogens (tertiary/aromatic N) is 3. The van der Waals surface area contributed by atoms with Crippen LogP contribution in [0.5, 0.6) is 0 Å². The summed E-state index contributed by atoms with van der Waals surface area (Å²) in [6, 6.07) is 11.0. The molecule has 0 aliphatic carbocycles. The first-order valence-electron chi connectivity index (χ1n) is 7.37. The van der Waals surface area contributed by atoms with Crippen LogP contribution < -0.4 is 10.3 Å². The summed E-state index contributed by atoms with van der Waals surface area (Å²) in [5.41, 5.74) is 1.39. The molecular weight excluding hydrogens is 328 g/mol. The molecule has 2 aromatic heterocycles. The number of rotatable bonds is 4. The van der Waals surface area contributed by atoms with Gasteiger partial charge < -0.3 is 0 Å². The van der Waals surface area contributed by atoms with Gasteiger partial charge in [-0.25, -0.2) is 18.1 Å². The first kappa shape index (κ1) is 16.3. The van der Waals surface area contributed by atoms with Gasteiger partial charge in [-0.05, 0) is 25.6 Å². The molecule has 0 fully saturated rings. The van der Waals surface area contributed by atoms with Crippen molar-refractivity contribution in [3.63, 3.8) is 0 Å². The number of pyridine rings is 1. The Balaban J connectivity index is 2.34. The Morgan fingerprint density at radius 1 is 1.21 bits per heavy atom. The topological polar surface area (TPSA) is 94.0 Å². The average Bonchev–Trinajstić information content (AvgIpc) is 2.61. The van der Waals surface area contributed by atoms with E-state index in [1.165, 1.54) is 17.8 Å². The van der Waals surface area contributed by atoms with E-state index in [-0.39, 0.29) is 10.7 Å². The number of hydrogen-bond donors (Lipinski definition) is 1. The second-order valence-corrected chi connectivity index (χ2v) is 6.89. The Labute approximate surface area is 139 Å². The van der Waals surface area contributed by atoms with Crippen LogP contribution in [0.15, 0.2) is 52.5 Å². The number of nitrogens with one attached hydrogen (secondary N) is 1. The highest BCUT2D eigenvalue weighted by Crippen LogP contribution is 2.20. The first-order valence-corrected chi connectivity index (χ1v) is 8.86. The molecule has 24 heavy (non-hydrogen) atoms. The Kier molecular flexibility index (Phi) is 4.16. The van der Waals surface area contributed by atoms with Crippen LogP contribution in [0.2, 0.25) is 0 Å². The smallest absolute Gasteiger partial charge is 0.276 e. The highest BCUT2D eigenvalue weighted by molar-refractivity contribution is 7.89. The Morgan fingerprint density at radius 2 is 1.92 bits per heavy atom. The molecule has 0 bridgehead atoms. The Morgan fingerprint density at radius 3 is 2.54 bits per heavy atom. The van der Waals surface area contributed by atoms with Gasteiger partial charge in [0.1, 0.15) is 5.65 Å². The summed E-state index contributed by atoms with van der Waals surface area (Å²) < 4.78 is 27.4. The normalized spacial score (nSPS) is 11.8. The molecule has 3 aromatic rings. The largest absolute Gasteiger partial charge is 0.292 e. The fraction of sp³-hybridized carbons (Fsp3) is 0.188. The second-order valence-electron chi connectivity index (χ2n) is 5.11. The fourth-order valence-corrected chi connectivity index (χ4v) is 3.06. The number of hydrogen-bond acceptors (Lipinski definition) is 5. The molecule has 2 heterocycles. The summed E-state index contributed by atoms with van der Waals surface area (Å²) in [5.74, 6) is 0. The maximum atomic E-state index is 12.8. The van der Waals surface area contributed by atoms with Gasteiger partial charge in [0.2, 0.25) is 0 Å². The first-order chi connectivity index (χ1) is 11.5. The zero-order valence-electron chi connectivity index (χ0n) is 13.2. The van der Waals surface area contributed by atoms with Crippen molar-refractivity contribution in [2.75, 3.05) is 7.05 Å². The highest BCUT2D eigenvalue weighted by Gasteiger charge is 2.18. The van der Waals surface area contributed by atoms with Crippen LogP contribution in [-0.2, 0) is 16.6 Å². The molecule has 0 saturated heterocycles. The molecule has 0 spiro atoms. The van der Waals surface area contributed by atoms with Gasteiger partial charge in [-0.15, -0.1) is 0 Å². The van der Waals surface area contributed by atoms with Gasteiger partial charge in [-0.3, -0.25) is 9.36 Å². The minimum atomic E-state index is -3.78. The van der Waals surface area contributed by atoms with Crippen molar-refractivity contribution in [3.05, 3.63) is 52.9 Å². The summed E-state index contributed by atoms with van der Waals surface area (Å²) in [5, 5.41) is 0.247. The summed E-state index contributed by atoms with van der Waals surface area (Å²) in [7, 11) is -2.49. The lowest BCUT2D eigenvalue weighted by Crippen LogP contribution is -2.25. The molecule has 0 aliphatic heterocycles. The van der Waals surface area contributed by atoms with Gasteiger partial charge in [0.05, 0.1) is 0 Å². The molecule has 0 atom stereocenters. The van der Waals surface area contributed by atoms with E-state index in [4.69, 9.17) is 0 Å². The number of sulfonamides is 1.